The van der Waals surface area contributed by atoms with Crippen LogP contribution in [-0.2, 0) is 26.2 Å². The molecular formula is C27H27N3S. The van der Waals surface area contributed by atoms with Crippen molar-refractivity contribution in [3.05, 3.63) is 132 Å². The summed E-state index contributed by atoms with van der Waals surface area (Å²) in [6, 6.07) is 34.2. The Balaban J connectivity index is 1.36. The topological polar surface area (TPSA) is 28.2 Å². The minimum atomic E-state index is 0.826. The first-order valence-corrected chi connectivity index (χ1v) is 11.3. The molecule has 4 rings (SSSR count). The molecule has 0 aliphatic rings. The van der Waals surface area contributed by atoms with Gasteiger partial charge in [0, 0.05) is 43.5 Å². The smallest absolute Gasteiger partial charge is 0.0347 e. The second-order valence-corrected chi connectivity index (χ2v) is 8.64. The van der Waals surface area contributed by atoms with E-state index in [9.17, 15) is 0 Å². The van der Waals surface area contributed by atoms with Crippen LogP contribution >= 0.6 is 11.9 Å². The highest BCUT2D eigenvalue weighted by molar-refractivity contribution is 7.97. The first kappa shape index (κ1) is 21.3. The predicted molar refractivity (Wildman–Crippen MR) is 129 cm³/mol. The molecule has 1 heterocycles. The summed E-state index contributed by atoms with van der Waals surface area (Å²) in [6.07, 6.45) is 3.71. The highest BCUT2D eigenvalue weighted by Crippen LogP contribution is 2.27. The summed E-state index contributed by atoms with van der Waals surface area (Å²) < 4.78 is 2.42. The third-order valence-corrected chi connectivity index (χ3v) is 5.94. The van der Waals surface area contributed by atoms with Gasteiger partial charge in [0.15, 0.2) is 0 Å². The average molecular weight is 426 g/mol. The van der Waals surface area contributed by atoms with Crippen LogP contribution in [0.3, 0.4) is 0 Å². The van der Waals surface area contributed by atoms with Crippen molar-refractivity contribution >= 4 is 11.9 Å². The van der Waals surface area contributed by atoms with Gasteiger partial charge in [-0.15, -0.1) is 0 Å². The van der Waals surface area contributed by atoms with Crippen LogP contribution in [0.1, 0.15) is 22.3 Å². The van der Waals surface area contributed by atoms with Crippen LogP contribution in [0.5, 0.6) is 0 Å². The molecule has 4 aromatic rings. The molecule has 0 spiro atoms. The van der Waals surface area contributed by atoms with Crippen molar-refractivity contribution in [3.63, 3.8) is 0 Å². The molecule has 0 saturated heterocycles. The molecule has 1 N–H and O–H groups in total. The number of pyridine rings is 1. The Bertz CT molecular complexity index is 981. The highest BCUT2D eigenvalue weighted by Gasteiger charge is 2.10. The van der Waals surface area contributed by atoms with Crippen LogP contribution in [0.2, 0.25) is 0 Å². The Morgan fingerprint density at radius 3 is 1.77 bits per heavy atom. The Kier molecular flexibility index (Phi) is 7.88. The second-order valence-electron chi connectivity index (χ2n) is 7.47. The number of hydrogen-bond acceptors (Lipinski definition) is 4. The Hall–Kier alpha value is -2.92. The molecule has 0 bridgehead atoms. The van der Waals surface area contributed by atoms with Crippen LogP contribution in [0.4, 0.5) is 0 Å². The van der Waals surface area contributed by atoms with Crippen LogP contribution in [0, 0.1) is 0 Å². The Morgan fingerprint density at radius 1 is 0.613 bits per heavy atom. The third-order valence-electron chi connectivity index (χ3n) is 4.94. The number of nitrogens with one attached hydrogen (secondary N) is 1. The maximum Gasteiger partial charge on any atom is 0.0347 e. The Labute approximate surface area is 189 Å². The second kappa shape index (κ2) is 11.5. The molecule has 0 aliphatic carbocycles. The van der Waals surface area contributed by atoms with Crippen molar-refractivity contribution < 1.29 is 0 Å². The lowest BCUT2D eigenvalue weighted by Gasteiger charge is -2.21. The van der Waals surface area contributed by atoms with Crippen molar-refractivity contribution in [3.8, 4) is 0 Å². The molecule has 1 aromatic heterocycles. The lowest BCUT2D eigenvalue weighted by atomic mass is 10.2. The van der Waals surface area contributed by atoms with Crippen molar-refractivity contribution in [1.29, 1.82) is 0 Å². The first-order chi connectivity index (χ1) is 15.3. The van der Waals surface area contributed by atoms with Crippen LogP contribution < -0.4 is 5.32 Å². The van der Waals surface area contributed by atoms with Gasteiger partial charge in [0.25, 0.3) is 0 Å². The molecule has 0 unspecified atom stereocenters. The molecule has 0 aliphatic heterocycles. The lowest BCUT2D eigenvalue weighted by Crippen LogP contribution is -2.15. The molecule has 0 atom stereocenters. The summed E-state index contributed by atoms with van der Waals surface area (Å²) in [7, 11) is 0. The fraction of sp³-hybridized carbons (Fsp3) is 0.148. The van der Waals surface area contributed by atoms with E-state index >= 15 is 0 Å². The van der Waals surface area contributed by atoms with E-state index in [1.165, 1.54) is 27.1 Å². The van der Waals surface area contributed by atoms with Gasteiger partial charge in [-0.2, -0.15) is 0 Å². The van der Waals surface area contributed by atoms with Crippen molar-refractivity contribution in [2.24, 2.45) is 0 Å². The quantitative estimate of drug-likeness (QED) is 0.312. The highest BCUT2D eigenvalue weighted by atomic mass is 32.2. The fourth-order valence-electron chi connectivity index (χ4n) is 3.37. The van der Waals surface area contributed by atoms with E-state index in [4.69, 9.17) is 0 Å². The number of nitrogens with zero attached hydrogens (tertiary/aromatic N) is 2. The zero-order chi connectivity index (χ0) is 21.1. The van der Waals surface area contributed by atoms with Gasteiger partial charge in [-0.1, -0.05) is 78.9 Å². The number of rotatable bonds is 10. The molecule has 31 heavy (non-hydrogen) atoms. The molecule has 0 radical (unpaired) electrons. The zero-order valence-corrected chi connectivity index (χ0v) is 18.3. The summed E-state index contributed by atoms with van der Waals surface area (Å²) in [4.78, 5) is 5.41. The minimum absolute atomic E-state index is 0.826. The van der Waals surface area contributed by atoms with E-state index in [1.807, 2.05) is 24.2 Å². The lowest BCUT2D eigenvalue weighted by molar-refractivity contribution is 0.462. The van der Waals surface area contributed by atoms with Gasteiger partial charge in [0.2, 0.25) is 0 Å². The molecule has 3 nitrogen and oxygen atoms in total. The van der Waals surface area contributed by atoms with E-state index < -0.39 is 0 Å². The Morgan fingerprint density at radius 2 is 1.19 bits per heavy atom. The van der Waals surface area contributed by atoms with Crippen molar-refractivity contribution in [2.45, 2.75) is 31.1 Å². The van der Waals surface area contributed by atoms with Gasteiger partial charge in [-0.25, -0.2) is 4.31 Å². The summed E-state index contributed by atoms with van der Waals surface area (Å²) in [5.41, 5.74) is 5.13. The van der Waals surface area contributed by atoms with E-state index in [0.29, 0.717) is 0 Å². The van der Waals surface area contributed by atoms with Gasteiger partial charge >= 0.3 is 0 Å². The number of benzene rings is 3. The fourth-order valence-corrected chi connectivity index (χ4v) is 4.35. The standard InChI is InChI=1S/C27H27N3S/c1-3-8-24(9-4-1)21-30(22-25-10-5-2-6-11-25)31-27-15-13-23(14-16-27)18-29-20-26-12-7-17-28-19-26/h1-17,19,29H,18,20-22H2. The summed E-state index contributed by atoms with van der Waals surface area (Å²) >= 11 is 1.81. The summed E-state index contributed by atoms with van der Waals surface area (Å²) in [5.74, 6) is 0. The van der Waals surface area contributed by atoms with Gasteiger partial charge < -0.3 is 5.32 Å². The van der Waals surface area contributed by atoms with Crippen LogP contribution in [0.25, 0.3) is 0 Å². The summed E-state index contributed by atoms with van der Waals surface area (Å²) in [6.45, 7) is 3.47. The largest absolute Gasteiger partial charge is 0.309 e. The summed E-state index contributed by atoms with van der Waals surface area (Å²) in [5, 5.41) is 3.49. The van der Waals surface area contributed by atoms with Gasteiger partial charge in [-0.05, 0) is 52.4 Å². The van der Waals surface area contributed by atoms with E-state index in [2.05, 4.69) is 106 Å². The van der Waals surface area contributed by atoms with Crippen LogP contribution in [-0.4, -0.2) is 9.29 Å². The van der Waals surface area contributed by atoms with Gasteiger partial charge in [0.05, 0.1) is 0 Å². The van der Waals surface area contributed by atoms with E-state index in [-0.39, 0.29) is 0 Å². The van der Waals surface area contributed by atoms with E-state index in [1.54, 1.807) is 6.20 Å². The van der Waals surface area contributed by atoms with E-state index in [0.717, 1.165) is 26.2 Å². The minimum Gasteiger partial charge on any atom is -0.309 e. The SMILES string of the molecule is c1ccc(CN(Cc2ccccc2)Sc2ccc(CNCc3cccnc3)cc2)cc1. The maximum atomic E-state index is 4.16. The molecule has 3 aromatic carbocycles. The van der Waals surface area contributed by atoms with Crippen molar-refractivity contribution in [2.75, 3.05) is 0 Å². The molecule has 0 fully saturated rings. The van der Waals surface area contributed by atoms with Crippen LogP contribution in [0.15, 0.2) is 114 Å². The maximum absolute atomic E-state index is 4.16. The zero-order valence-electron chi connectivity index (χ0n) is 17.5. The molecule has 156 valence electrons. The molecule has 4 heteroatoms. The van der Waals surface area contributed by atoms with Gasteiger partial charge in [-0.3, -0.25) is 4.98 Å². The molecule has 0 saturated carbocycles. The molecule has 0 amide bonds. The molecular weight excluding hydrogens is 398 g/mol. The number of hydrogen-bond donors (Lipinski definition) is 1. The number of aromatic nitrogens is 1. The van der Waals surface area contributed by atoms with Crippen molar-refractivity contribution in [1.82, 2.24) is 14.6 Å². The first-order valence-electron chi connectivity index (χ1n) is 10.5. The average Bonchev–Trinajstić information content (AvgIpc) is 2.82. The monoisotopic (exact) mass is 425 g/mol. The van der Waals surface area contributed by atoms with Gasteiger partial charge in [0.1, 0.15) is 0 Å². The third kappa shape index (κ3) is 7.07. The normalized spacial score (nSPS) is 11.0. The predicted octanol–water partition coefficient (Wildman–Crippen LogP) is 6.08.